The number of nitrogens with one attached hydrogen (secondary N) is 1. The van der Waals surface area contributed by atoms with Crippen LogP contribution >= 0.6 is 0 Å². The van der Waals surface area contributed by atoms with Gasteiger partial charge in [0.1, 0.15) is 11.4 Å². The fourth-order valence-corrected chi connectivity index (χ4v) is 2.40. The van der Waals surface area contributed by atoms with Gasteiger partial charge in [0.15, 0.2) is 0 Å². The molecule has 6 nitrogen and oxygen atoms in total. The van der Waals surface area contributed by atoms with E-state index < -0.39 is 0 Å². The molecule has 1 aromatic carbocycles. The molecule has 24 heavy (non-hydrogen) atoms. The van der Waals surface area contributed by atoms with Crippen molar-refractivity contribution >= 4 is 5.91 Å². The summed E-state index contributed by atoms with van der Waals surface area (Å²) >= 11 is 0. The van der Waals surface area contributed by atoms with Crippen LogP contribution in [0.4, 0.5) is 0 Å². The Hall–Kier alpha value is -3.15. The lowest BCUT2D eigenvalue weighted by Crippen LogP contribution is -2.26. The number of ether oxygens (including phenoxy) is 1. The molecule has 6 heteroatoms. The normalized spacial score (nSPS) is 10.4. The first-order valence-electron chi connectivity index (χ1n) is 7.51. The maximum absolute atomic E-state index is 12.6. The Morgan fingerprint density at radius 2 is 2.00 bits per heavy atom. The van der Waals surface area contributed by atoms with Gasteiger partial charge in [-0.05, 0) is 17.7 Å². The number of carbonyl (C=O) groups is 1. The second-order valence-corrected chi connectivity index (χ2v) is 5.43. The average molecular weight is 322 g/mol. The fourth-order valence-electron chi connectivity index (χ4n) is 2.40. The van der Waals surface area contributed by atoms with E-state index in [0.717, 1.165) is 16.8 Å². The van der Waals surface area contributed by atoms with Gasteiger partial charge in [-0.15, -0.1) is 0 Å². The minimum absolute atomic E-state index is 0.132. The van der Waals surface area contributed by atoms with Crippen LogP contribution in [0, 0.1) is 0 Å². The van der Waals surface area contributed by atoms with Crippen LogP contribution in [-0.2, 0) is 6.54 Å². The predicted molar refractivity (Wildman–Crippen MR) is 90.6 cm³/mol. The van der Waals surface area contributed by atoms with Crippen LogP contribution in [0.3, 0.4) is 0 Å². The third-order valence-electron chi connectivity index (χ3n) is 3.65. The number of H-pyrrole nitrogens is 1. The number of aromatic amines is 1. The quantitative estimate of drug-likeness (QED) is 0.784. The van der Waals surface area contributed by atoms with Crippen molar-refractivity contribution in [3.05, 3.63) is 66.1 Å². The molecule has 0 bridgehead atoms. The number of pyridine rings is 1. The first-order valence-corrected chi connectivity index (χ1v) is 7.51. The second kappa shape index (κ2) is 6.95. The molecule has 0 fully saturated rings. The number of rotatable bonds is 5. The van der Waals surface area contributed by atoms with Gasteiger partial charge in [0.2, 0.25) is 0 Å². The highest BCUT2D eigenvalue weighted by molar-refractivity contribution is 5.93. The molecule has 0 atom stereocenters. The molecule has 0 radical (unpaired) electrons. The topological polar surface area (TPSA) is 71.1 Å². The highest BCUT2D eigenvalue weighted by Gasteiger charge is 2.16. The van der Waals surface area contributed by atoms with Crippen LogP contribution in [0.2, 0.25) is 0 Å². The molecule has 0 aliphatic rings. The predicted octanol–water partition coefficient (Wildman–Crippen LogP) is 2.75. The highest BCUT2D eigenvalue weighted by atomic mass is 16.5. The second-order valence-electron chi connectivity index (χ2n) is 5.43. The zero-order valence-electron chi connectivity index (χ0n) is 13.6. The van der Waals surface area contributed by atoms with Gasteiger partial charge >= 0.3 is 0 Å². The Morgan fingerprint density at radius 1 is 1.21 bits per heavy atom. The van der Waals surface area contributed by atoms with Crippen molar-refractivity contribution in [1.82, 2.24) is 20.1 Å². The molecule has 0 unspecified atom stereocenters. The highest BCUT2D eigenvalue weighted by Crippen LogP contribution is 2.18. The first kappa shape index (κ1) is 15.7. The molecule has 0 saturated heterocycles. The summed E-state index contributed by atoms with van der Waals surface area (Å²) < 4.78 is 5.15. The molecular weight excluding hydrogens is 304 g/mol. The fraction of sp³-hybridized carbons (Fsp3) is 0.167. The van der Waals surface area contributed by atoms with Gasteiger partial charge in [0, 0.05) is 25.4 Å². The average Bonchev–Trinajstić information content (AvgIpc) is 3.12. The lowest BCUT2D eigenvalue weighted by Gasteiger charge is -2.16. The number of benzene rings is 1. The molecule has 0 saturated carbocycles. The standard InChI is InChI=1S/C18H18N4O2/c1-22(12-13-8-15(24-2)11-19-10-13)18(23)17-9-16(20-21-17)14-6-4-3-5-7-14/h3-11H,12H2,1-2H3,(H,20,21). The number of hydrogen-bond acceptors (Lipinski definition) is 4. The van der Waals surface area contributed by atoms with Crippen molar-refractivity contribution in [3.63, 3.8) is 0 Å². The Kier molecular flexibility index (Phi) is 4.56. The minimum atomic E-state index is -0.132. The Balaban J connectivity index is 1.73. The maximum atomic E-state index is 12.6. The zero-order chi connectivity index (χ0) is 16.9. The van der Waals surface area contributed by atoms with Crippen molar-refractivity contribution in [2.24, 2.45) is 0 Å². The molecule has 2 aromatic heterocycles. The Bertz CT molecular complexity index is 830. The van der Waals surface area contributed by atoms with Crippen LogP contribution in [0.15, 0.2) is 54.9 Å². The van der Waals surface area contributed by atoms with E-state index in [4.69, 9.17) is 4.74 Å². The van der Waals surface area contributed by atoms with E-state index in [-0.39, 0.29) is 5.91 Å². The SMILES string of the molecule is COc1cncc(CN(C)C(=O)c2cc(-c3ccccc3)n[nH]2)c1. The third-order valence-corrected chi connectivity index (χ3v) is 3.65. The van der Waals surface area contributed by atoms with E-state index in [0.29, 0.717) is 18.0 Å². The molecule has 2 heterocycles. The van der Waals surface area contributed by atoms with Gasteiger partial charge in [-0.1, -0.05) is 30.3 Å². The van der Waals surface area contributed by atoms with E-state index in [9.17, 15) is 4.79 Å². The van der Waals surface area contributed by atoms with Crippen LogP contribution in [0.5, 0.6) is 5.75 Å². The van der Waals surface area contributed by atoms with Gasteiger partial charge in [0.25, 0.3) is 5.91 Å². The summed E-state index contributed by atoms with van der Waals surface area (Å²) in [6, 6.07) is 13.3. The summed E-state index contributed by atoms with van der Waals surface area (Å²) in [5.74, 6) is 0.536. The van der Waals surface area contributed by atoms with Crippen molar-refractivity contribution in [1.29, 1.82) is 0 Å². The summed E-state index contributed by atoms with van der Waals surface area (Å²) in [4.78, 5) is 18.3. The van der Waals surface area contributed by atoms with E-state index in [2.05, 4.69) is 15.2 Å². The minimum Gasteiger partial charge on any atom is -0.495 e. The summed E-state index contributed by atoms with van der Waals surface area (Å²) in [5, 5.41) is 7.03. The molecule has 3 aromatic rings. The van der Waals surface area contributed by atoms with E-state index in [1.165, 1.54) is 0 Å². The largest absolute Gasteiger partial charge is 0.495 e. The summed E-state index contributed by atoms with van der Waals surface area (Å²) in [5.41, 5.74) is 3.06. The molecule has 0 spiro atoms. The number of amides is 1. The lowest BCUT2D eigenvalue weighted by molar-refractivity contribution is 0.0779. The molecule has 3 rings (SSSR count). The van der Waals surface area contributed by atoms with Gasteiger partial charge in [-0.3, -0.25) is 14.9 Å². The molecular formula is C18H18N4O2. The monoisotopic (exact) mass is 322 g/mol. The van der Waals surface area contributed by atoms with Gasteiger partial charge in [-0.2, -0.15) is 5.10 Å². The zero-order valence-corrected chi connectivity index (χ0v) is 13.6. The van der Waals surface area contributed by atoms with E-state index in [1.54, 1.807) is 37.5 Å². The molecule has 0 aliphatic carbocycles. The number of carbonyl (C=O) groups excluding carboxylic acids is 1. The van der Waals surface area contributed by atoms with E-state index >= 15 is 0 Å². The Labute approximate surface area is 140 Å². The number of aromatic nitrogens is 3. The van der Waals surface area contributed by atoms with Gasteiger partial charge in [0.05, 0.1) is 19.0 Å². The van der Waals surface area contributed by atoms with E-state index in [1.807, 2.05) is 36.4 Å². The first-order chi connectivity index (χ1) is 11.7. The summed E-state index contributed by atoms with van der Waals surface area (Å²) in [7, 11) is 3.33. The van der Waals surface area contributed by atoms with Crippen molar-refractivity contribution in [3.8, 4) is 17.0 Å². The van der Waals surface area contributed by atoms with Crippen molar-refractivity contribution in [2.45, 2.75) is 6.54 Å². The number of methoxy groups -OCH3 is 1. The van der Waals surface area contributed by atoms with Gasteiger partial charge < -0.3 is 9.64 Å². The van der Waals surface area contributed by atoms with Crippen molar-refractivity contribution in [2.75, 3.05) is 14.2 Å². The summed E-state index contributed by atoms with van der Waals surface area (Å²) in [6.45, 7) is 0.433. The van der Waals surface area contributed by atoms with Crippen LogP contribution in [0.1, 0.15) is 16.1 Å². The maximum Gasteiger partial charge on any atom is 0.271 e. The molecule has 1 N–H and O–H groups in total. The van der Waals surface area contributed by atoms with Crippen molar-refractivity contribution < 1.29 is 9.53 Å². The third kappa shape index (κ3) is 3.43. The number of nitrogens with zero attached hydrogens (tertiary/aromatic N) is 3. The molecule has 0 aliphatic heterocycles. The Morgan fingerprint density at radius 3 is 2.75 bits per heavy atom. The van der Waals surface area contributed by atoms with Crippen LogP contribution in [0.25, 0.3) is 11.3 Å². The van der Waals surface area contributed by atoms with Crippen LogP contribution in [-0.4, -0.2) is 40.1 Å². The lowest BCUT2D eigenvalue weighted by atomic mass is 10.1. The smallest absolute Gasteiger partial charge is 0.271 e. The molecule has 1 amide bonds. The van der Waals surface area contributed by atoms with Crippen LogP contribution < -0.4 is 4.74 Å². The number of hydrogen-bond donors (Lipinski definition) is 1. The summed E-state index contributed by atoms with van der Waals surface area (Å²) in [6.07, 6.45) is 3.35. The van der Waals surface area contributed by atoms with Gasteiger partial charge in [-0.25, -0.2) is 0 Å². The molecule has 122 valence electrons.